The summed E-state index contributed by atoms with van der Waals surface area (Å²) in [6, 6.07) is 29.4. The zero-order valence-corrected chi connectivity index (χ0v) is 23.3. The summed E-state index contributed by atoms with van der Waals surface area (Å²) in [6.45, 7) is 11.5. The van der Waals surface area contributed by atoms with Crippen LogP contribution in [0.3, 0.4) is 0 Å². The van der Waals surface area contributed by atoms with Crippen LogP contribution in [0.4, 0.5) is 0 Å². The molecular formula is C36H26S2. The molecule has 0 fully saturated rings. The molecule has 1 unspecified atom stereocenters. The van der Waals surface area contributed by atoms with Crippen molar-refractivity contribution in [3.8, 4) is 0 Å². The first-order valence-corrected chi connectivity index (χ1v) is 14.8. The van der Waals surface area contributed by atoms with Gasteiger partial charge in [-0.15, -0.1) is 0 Å². The molecule has 5 aromatic carbocycles. The monoisotopic (exact) mass is 522 g/mol. The number of hydrogen-bond donors (Lipinski definition) is 0. The topological polar surface area (TPSA) is 0 Å². The second kappa shape index (κ2) is 8.02. The molecular weight excluding hydrogens is 497 g/mol. The Morgan fingerprint density at radius 2 is 1.26 bits per heavy atom. The molecule has 0 N–H and O–H groups in total. The van der Waals surface area contributed by atoms with E-state index in [1.54, 1.807) is 0 Å². The first-order chi connectivity index (χ1) is 18.5. The normalized spacial score (nSPS) is 17.5. The fourth-order valence-corrected chi connectivity index (χ4v) is 9.21. The van der Waals surface area contributed by atoms with E-state index in [0.29, 0.717) is 0 Å². The Labute approximate surface area is 232 Å². The van der Waals surface area contributed by atoms with Gasteiger partial charge in [-0.25, -0.2) is 0 Å². The largest absolute Gasteiger partial charge is 0.0891 e. The highest BCUT2D eigenvalue weighted by molar-refractivity contribution is 8.03. The highest BCUT2D eigenvalue weighted by Crippen LogP contribution is 2.58. The summed E-state index contributed by atoms with van der Waals surface area (Å²) in [5.74, 6) is 0.253. The number of allylic oxidation sites excluding steroid dienone is 2. The van der Waals surface area contributed by atoms with Gasteiger partial charge in [0.1, 0.15) is 0 Å². The molecule has 1 aliphatic carbocycles. The molecule has 0 amide bonds. The van der Waals surface area contributed by atoms with E-state index in [1.807, 2.05) is 23.5 Å². The summed E-state index contributed by atoms with van der Waals surface area (Å²) in [7, 11) is 0. The lowest BCUT2D eigenvalue weighted by atomic mass is 9.84. The molecule has 0 spiro atoms. The van der Waals surface area contributed by atoms with Crippen LogP contribution in [-0.4, -0.2) is 0 Å². The number of hydrogen-bond acceptors (Lipinski definition) is 2. The third-order valence-electron chi connectivity index (χ3n) is 8.41. The molecule has 8 rings (SSSR count). The summed E-state index contributed by atoms with van der Waals surface area (Å²) < 4.78 is 0. The molecule has 0 saturated heterocycles. The Balaban J connectivity index is 1.47. The number of thioether (sulfide) groups is 1. The molecule has 2 heteroatoms. The van der Waals surface area contributed by atoms with Crippen molar-refractivity contribution in [3.05, 3.63) is 135 Å². The number of rotatable bonds is 0. The predicted molar refractivity (Wildman–Crippen MR) is 165 cm³/mol. The number of benzene rings is 5. The van der Waals surface area contributed by atoms with Crippen LogP contribution in [0.1, 0.15) is 40.3 Å². The highest BCUT2D eigenvalue weighted by atomic mass is 32.2. The van der Waals surface area contributed by atoms with Gasteiger partial charge >= 0.3 is 0 Å². The summed E-state index contributed by atoms with van der Waals surface area (Å²) in [4.78, 5) is 5.24. The van der Waals surface area contributed by atoms with Crippen molar-refractivity contribution in [2.45, 2.75) is 35.5 Å². The molecule has 0 bridgehead atoms. The van der Waals surface area contributed by atoms with E-state index >= 15 is 0 Å². The summed E-state index contributed by atoms with van der Waals surface area (Å²) in [5, 5.41) is 5.36. The second-order valence-corrected chi connectivity index (χ2v) is 12.9. The smallest absolute Gasteiger partial charge is 0.0279 e. The molecule has 182 valence electrons. The van der Waals surface area contributed by atoms with Gasteiger partial charge in [-0.2, -0.15) is 0 Å². The van der Waals surface area contributed by atoms with Gasteiger partial charge in [0.2, 0.25) is 0 Å². The molecule has 0 saturated carbocycles. The average Bonchev–Trinajstić information content (AvgIpc) is 3.06. The SMILES string of the molecule is C=C1Sc2c(cc(C)c3ccccc23)C2=C1C(C)C=C1c3cc(C)c4ccccc4c3Sc3cccc2c31. The first kappa shape index (κ1) is 22.5. The van der Waals surface area contributed by atoms with Gasteiger partial charge < -0.3 is 0 Å². The molecule has 0 nitrogen and oxygen atoms in total. The van der Waals surface area contributed by atoms with Crippen LogP contribution in [-0.2, 0) is 0 Å². The molecule has 2 heterocycles. The van der Waals surface area contributed by atoms with Gasteiger partial charge in [-0.05, 0) is 98.1 Å². The van der Waals surface area contributed by atoms with E-state index in [4.69, 9.17) is 0 Å². The molecule has 2 aliphatic heterocycles. The van der Waals surface area contributed by atoms with Gasteiger partial charge in [0, 0.05) is 31.1 Å². The Morgan fingerprint density at radius 1 is 0.658 bits per heavy atom. The Hall–Kier alpha value is -3.46. The van der Waals surface area contributed by atoms with Gasteiger partial charge in [-0.1, -0.05) is 104 Å². The van der Waals surface area contributed by atoms with Crippen LogP contribution < -0.4 is 0 Å². The zero-order chi connectivity index (χ0) is 25.7. The second-order valence-electron chi connectivity index (χ2n) is 10.7. The lowest BCUT2D eigenvalue weighted by Gasteiger charge is -2.30. The predicted octanol–water partition coefficient (Wildman–Crippen LogP) is 10.6. The van der Waals surface area contributed by atoms with Crippen LogP contribution in [0.25, 0.3) is 32.7 Å². The van der Waals surface area contributed by atoms with Crippen molar-refractivity contribution >= 4 is 56.2 Å². The van der Waals surface area contributed by atoms with E-state index in [-0.39, 0.29) is 5.92 Å². The van der Waals surface area contributed by atoms with E-state index < -0.39 is 0 Å². The molecule has 0 aromatic heterocycles. The van der Waals surface area contributed by atoms with Gasteiger partial charge in [0.25, 0.3) is 0 Å². The van der Waals surface area contributed by atoms with Crippen molar-refractivity contribution in [2.24, 2.45) is 5.92 Å². The highest BCUT2D eigenvalue weighted by Gasteiger charge is 2.35. The van der Waals surface area contributed by atoms with Crippen molar-refractivity contribution < 1.29 is 0 Å². The van der Waals surface area contributed by atoms with Crippen LogP contribution in [0, 0.1) is 19.8 Å². The van der Waals surface area contributed by atoms with Crippen LogP contribution >= 0.6 is 23.5 Å². The molecule has 5 aromatic rings. The minimum absolute atomic E-state index is 0.253. The third kappa shape index (κ3) is 2.96. The van der Waals surface area contributed by atoms with Crippen molar-refractivity contribution in [3.63, 3.8) is 0 Å². The Kier molecular flexibility index (Phi) is 4.75. The van der Waals surface area contributed by atoms with Gasteiger partial charge in [0.05, 0.1) is 0 Å². The molecule has 0 radical (unpaired) electrons. The van der Waals surface area contributed by atoms with E-state index in [0.717, 1.165) is 0 Å². The standard InChI is InChI=1S/C36H26S2/c1-19-16-29-28-18-21(3)32-22(4)37-36-26-13-8-6-11-24(26)20(2)17-30(36)34(32)27-14-9-15-31(33(27)28)38-35(29)25-12-7-5-10-23(19)25/h5-18,21H,4H2,1-3H3. The van der Waals surface area contributed by atoms with Crippen LogP contribution in [0.2, 0.25) is 0 Å². The fourth-order valence-electron chi connectivity index (χ4n) is 6.75. The van der Waals surface area contributed by atoms with Gasteiger partial charge in [-0.3, -0.25) is 0 Å². The molecule has 38 heavy (non-hydrogen) atoms. The Bertz CT molecular complexity index is 1970. The summed E-state index contributed by atoms with van der Waals surface area (Å²) in [5.41, 5.74) is 12.2. The fraction of sp³-hybridized carbons (Fsp3) is 0.111. The quantitative estimate of drug-likeness (QED) is 0.195. The van der Waals surface area contributed by atoms with Crippen LogP contribution in [0.15, 0.2) is 117 Å². The third-order valence-corrected chi connectivity index (χ3v) is 10.7. The number of fused-ring (bicyclic) bond motifs is 9. The zero-order valence-electron chi connectivity index (χ0n) is 21.7. The summed E-state index contributed by atoms with van der Waals surface area (Å²) in [6.07, 6.45) is 2.52. The Morgan fingerprint density at radius 3 is 1.95 bits per heavy atom. The van der Waals surface area contributed by atoms with Crippen molar-refractivity contribution in [2.75, 3.05) is 0 Å². The average molecular weight is 523 g/mol. The minimum atomic E-state index is 0.253. The van der Waals surface area contributed by atoms with Gasteiger partial charge in [0.15, 0.2) is 0 Å². The van der Waals surface area contributed by atoms with Crippen LogP contribution in [0.5, 0.6) is 0 Å². The maximum Gasteiger partial charge on any atom is 0.0279 e. The van der Waals surface area contributed by atoms with E-state index in [1.165, 1.54) is 91.2 Å². The van der Waals surface area contributed by atoms with Crippen molar-refractivity contribution in [1.29, 1.82) is 0 Å². The maximum atomic E-state index is 4.65. The lowest BCUT2D eigenvalue weighted by molar-refractivity contribution is 0.893. The lowest BCUT2D eigenvalue weighted by Crippen LogP contribution is -2.08. The van der Waals surface area contributed by atoms with E-state index in [9.17, 15) is 0 Å². The summed E-state index contributed by atoms with van der Waals surface area (Å²) >= 11 is 3.79. The number of aryl methyl sites for hydroxylation is 2. The van der Waals surface area contributed by atoms with E-state index in [2.05, 4.69) is 112 Å². The molecule has 1 atom stereocenters. The molecule has 3 aliphatic rings. The maximum absolute atomic E-state index is 4.65. The first-order valence-electron chi connectivity index (χ1n) is 13.2. The van der Waals surface area contributed by atoms with Crippen molar-refractivity contribution in [1.82, 2.24) is 0 Å². The minimum Gasteiger partial charge on any atom is -0.0891 e.